The number of carbonyl (C=O) groups excluding carboxylic acids is 1. The molecule has 0 atom stereocenters. The van der Waals surface area contributed by atoms with E-state index in [-0.39, 0.29) is 5.75 Å². The van der Waals surface area contributed by atoms with Crippen LogP contribution in [-0.2, 0) is 11.2 Å². The summed E-state index contributed by atoms with van der Waals surface area (Å²) in [6.07, 6.45) is 3.00. The highest BCUT2D eigenvalue weighted by molar-refractivity contribution is 5.93. The first-order valence-corrected chi connectivity index (χ1v) is 11.0. The highest BCUT2D eigenvalue weighted by atomic mass is 19.4. The fourth-order valence-electron chi connectivity index (χ4n) is 3.90. The Kier molecular flexibility index (Phi) is 7.66. The van der Waals surface area contributed by atoms with Crippen LogP contribution in [0.4, 0.5) is 13.2 Å². The molecule has 0 spiro atoms. The van der Waals surface area contributed by atoms with Gasteiger partial charge in [-0.15, -0.1) is 13.2 Å². The second-order valence-electron chi connectivity index (χ2n) is 9.00. The van der Waals surface area contributed by atoms with E-state index in [1.807, 2.05) is 0 Å². The number of alkyl halides is 3. The maximum Gasteiger partial charge on any atom is 0.573 e. The van der Waals surface area contributed by atoms with Gasteiger partial charge < -0.3 is 14.5 Å². The number of hydrogen-bond acceptors (Lipinski definition) is 4. The number of H-pyrrole nitrogens is 1. The lowest BCUT2D eigenvalue weighted by atomic mass is 9.78. The Hall–Kier alpha value is -3.03. The molecule has 4 rings (SSSR count). The Balaban J connectivity index is 0.000000323. The third kappa shape index (κ3) is 7.51. The van der Waals surface area contributed by atoms with Crippen molar-refractivity contribution in [2.24, 2.45) is 5.41 Å². The highest BCUT2D eigenvalue weighted by Crippen LogP contribution is 2.34. The van der Waals surface area contributed by atoms with E-state index in [4.69, 9.17) is 0 Å². The number of fused-ring (bicyclic) bond motifs is 1. The van der Waals surface area contributed by atoms with Gasteiger partial charge in [0.1, 0.15) is 11.6 Å². The second-order valence-corrected chi connectivity index (χ2v) is 9.00. The maximum atomic E-state index is 12.2. The van der Waals surface area contributed by atoms with Gasteiger partial charge in [-0.3, -0.25) is 0 Å². The molecule has 178 valence electrons. The summed E-state index contributed by atoms with van der Waals surface area (Å²) >= 11 is 0. The molecule has 1 aromatic heterocycles. The van der Waals surface area contributed by atoms with E-state index in [0.29, 0.717) is 34.3 Å². The molecule has 8 heteroatoms. The minimum atomic E-state index is -4.71. The lowest BCUT2D eigenvalue weighted by Crippen LogP contribution is -2.17. The Bertz CT molecular complexity index is 1060. The molecule has 1 aliphatic carbocycles. The maximum absolute atomic E-state index is 12.2. The van der Waals surface area contributed by atoms with Gasteiger partial charge in [-0.1, -0.05) is 45.2 Å². The van der Waals surface area contributed by atoms with Gasteiger partial charge >= 0.3 is 12.3 Å². The van der Waals surface area contributed by atoms with E-state index < -0.39 is 12.3 Å². The number of ether oxygens (including phenoxy) is 2. The molecule has 3 aromatic rings. The van der Waals surface area contributed by atoms with Crippen molar-refractivity contribution in [2.75, 3.05) is 7.11 Å². The number of esters is 1. The molecule has 0 unspecified atom stereocenters. The molecule has 1 N–H and O–H groups in total. The molecule has 1 saturated carbocycles. The molecule has 33 heavy (non-hydrogen) atoms. The van der Waals surface area contributed by atoms with Crippen LogP contribution in [0.2, 0.25) is 0 Å². The lowest BCUT2D eigenvalue weighted by Gasteiger charge is -2.28. The molecule has 0 saturated heterocycles. The van der Waals surface area contributed by atoms with Gasteiger partial charge in [0.15, 0.2) is 0 Å². The molecule has 1 heterocycles. The van der Waals surface area contributed by atoms with Crippen LogP contribution in [0.25, 0.3) is 11.0 Å². The number of imidazole rings is 1. The number of benzene rings is 2. The van der Waals surface area contributed by atoms with E-state index in [2.05, 4.69) is 33.3 Å². The Morgan fingerprint density at radius 1 is 1.06 bits per heavy atom. The third-order valence-electron chi connectivity index (χ3n) is 5.69. The van der Waals surface area contributed by atoms with Gasteiger partial charge in [-0.05, 0) is 54.2 Å². The zero-order valence-electron chi connectivity index (χ0n) is 19.1. The first kappa shape index (κ1) is 24.6. The number of nitrogens with zero attached hydrogens (tertiary/aromatic N) is 1. The van der Waals surface area contributed by atoms with Crippen LogP contribution in [0.1, 0.15) is 67.7 Å². The van der Waals surface area contributed by atoms with Gasteiger partial charge in [0.25, 0.3) is 0 Å². The van der Waals surface area contributed by atoms with Crippen molar-refractivity contribution < 1.29 is 27.4 Å². The van der Waals surface area contributed by atoms with Crippen molar-refractivity contribution in [1.82, 2.24) is 9.97 Å². The van der Waals surface area contributed by atoms with E-state index in [9.17, 15) is 18.0 Å². The third-order valence-corrected chi connectivity index (χ3v) is 5.69. The van der Waals surface area contributed by atoms with Crippen LogP contribution >= 0.6 is 0 Å². The summed E-state index contributed by atoms with van der Waals surface area (Å²) in [6.45, 7) is 4.76. The Morgan fingerprint density at radius 2 is 1.73 bits per heavy atom. The molecule has 0 radical (unpaired) electrons. The van der Waals surface area contributed by atoms with Crippen LogP contribution in [0, 0.1) is 5.41 Å². The van der Waals surface area contributed by atoms with Crippen molar-refractivity contribution in [3.8, 4) is 5.75 Å². The molecule has 1 fully saturated rings. The fraction of sp³-hybridized carbons (Fsp3) is 0.440. The predicted octanol–water partition coefficient (Wildman–Crippen LogP) is 6.82. The smallest absolute Gasteiger partial charge is 0.465 e. The number of rotatable bonds is 4. The van der Waals surface area contributed by atoms with Gasteiger partial charge in [-0.25, -0.2) is 9.78 Å². The number of hydrogen-bond donors (Lipinski definition) is 1. The summed E-state index contributed by atoms with van der Waals surface area (Å²) in [7, 11) is 1.30. The van der Waals surface area contributed by atoms with Crippen LogP contribution < -0.4 is 4.74 Å². The first-order valence-electron chi connectivity index (χ1n) is 11.0. The zero-order chi connectivity index (χ0) is 24.1. The fourth-order valence-corrected chi connectivity index (χ4v) is 3.90. The minimum Gasteiger partial charge on any atom is -0.465 e. The van der Waals surface area contributed by atoms with Gasteiger partial charge in [0.05, 0.1) is 23.7 Å². The van der Waals surface area contributed by atoms with E-state index in [1.165, 1.54) is 63.5 Å². The van der Waals surface area contributed by atoms with Gasteiger partial charge in [-0.2, -0.15) is 0 Å². The van der Waals surface area contributed by atoms with Crippen LogP contribution in [0.3, 0.4) is 0 Å². The monoisotopic (exact) mass is 462 g/mol. The van der Waals surface area contributed by atoms with E-state index >= 15 is 0 Å². The molecule has 2 aromatic carbocycles. The molecular weight excluding hydrogens is 433 g/mol. The number of carbonyl (C=O) groups is 1. The van der Waals surface area contributed by atoms with Crippen molar-refractivity contribution in [1.29, 1.82) is 0 Å². The number of aromatic amines is 1. The number of aromatic nitrogens is 2. The predicted molar refractivity (Wildman–Crippen MR) is 120 cm³/mol. The molecule has 0 aliphatic heterocycles. The molecule has 1 aliphatic rings. The van der Waals surface area contributed by atoms with E-state index in [1.54, 1.807) is 18.2 Å². The molecular formula is C25H29F3N2O3. The zero-order valence-corrected chi connectivity index (χ0v) is 19.1. The summed E-state index contributed by atoms with van der Waals surface area (Å²) in [5.74, 6) is -0.0941. The van der Waals surface area contributed by atoms with Crippen molar-refractivity contribution >= 4 is 17.0 Å². The summed E-state index contributed by atoms with van der Waals surface area (Å²) in [6, 6.07) is 10.5. The lowest BCUT2D eigenvalue weighted by molar-refractivity contribution is -0.274. The standard InChI is InChI=1S/C17H13F3N2O3.C8H16/c1-24-16(23)11-4-7-13-14(9-11)22-15(21-13)8-10-2-5-12(6-3-10)25-17(18,19)20;1-8(2)6-4-3-5-7-8/h2-7,9H,8H2,1H3,(H,21,22);3-7H2,1-2H3. The Morgan fingerprint density at radius 3 is 2.27 bits per heavy atom. The largest absolute Gasteiger partial charge is 0.573 e. The summed E-state index contributed by atoms with van der Waals surface area (Å²) in [5.41, 5.74) is 3.20. The minimum absolute atomic E-state index is 0.274. The van der Waals surface area contributed by atoms with Crippen molar-refractivity contribution in [2.45, 2.75) is 58.7 Å². The van der Waals surface area contributed by atoms with Crippen LogP contribution in [0.15, 0.2) is 42.5 Å². The average molecular weight is 463 g/mol. The molecule has 5 nitrogen and oxygen atoms in total. The molecule has 0 amide bonds. The van der Waals surface area contributed by atoms with Crippen LogP contribution in [0.5, 0.6) is 5.75 Å². The van der Waals surface area contributed by atoms with Crippen LogP contribution in [-0.4, -0.2) is 29.4 Å². The summed E-state index contributed by atoms with van der Waals surface area (Å²) in [4.78, 5) is 19.0. The number of halogens is 3. The summed E-state index contributed by atoms with van der Waals surface area (Å²) in [5, 5.41) is 0. The normalized spacial score (nSPS) is 15.5. The molecule has 0 bridgehead atoms. The quantitative estimate of drug-likeness (QED) is 0.432. The Labute approximate surface area is 191 Å². The SMILES string of the molecule is CC1(C)CCCCC1.COC(=O)c1ccc2nc(Cc3ccc(OC(F)(F)F)cc3)[nH]c2c1. The summed E-state index contributed by atoms with van der Waals surface area (Å²) < 4.78 is 45.0. The number of nitrogens with one attached hydrogen (secondary N) is 1. The first-order chi connectivity index (χ1) is 15.5. The van der Waals surface area contributed by atoms with Crippen molar-refractivity contribution in [3.63, 3.8) is 0 Å². The topological polar surface area (TPSA) is 64.2 Å². The average Bonchev–Trinajstić information content (AvgIpc) is 3.15. The van der Waals surface area contributed by atoms with Crippen molar-refractivity contribution in [3.05, 3.63) is 59.4 Å². The highest BCUT2D eigenvalue weighted by Gasteiger charge is 2.31. The van der Waals surface area contributed by atoms with Gasteiger partial charge in [0, 0.05) is 6.42 Å². The van der Waals surface area contributed by atoms with E-state index in [0.717, 1.165) is 5.56 Å². The second kappa shape index (κ2) is 10.3. The van der Waals surface area contributed by atoms with Gasteiger partial charge in [0.2, 0.25) is 0 Å². The number of methoxy groups -OCH3 is 1.